The first-order valence-electron chi connectivity index (χ1n) is 6.70. The highest BCUT2D eigenvalue weighted by atomic mass is 35.5. The Morgan fingerprint density at radius 2 is 1.76 bits per heavy atom. The standard InChI is InChI=1S/C16H15ClN4/c17-13-8-6-12(7-9-13)15-19-16(21-20-15)14(18)10-11-4-2-1-3-5-11/h1-9,14H,10,18H2,(H,19,20,21). The van der Waals surface area contributed by atoms with Gasteiger partial charge < -0.3 is 5.73 Å². The molecule has 0 bridgehead atoms. The number of hydrogen-bond donors (Lipinski definition) is 2. The Kier molecular flexibility index (Phi) is 3.99. The molecule has 0 saturated carbocycles. The second-order valence-electron chi connectivity index (χ2n) is 4.85. The van der Waals surface area contributed by atoms with Crippen LogP contribution in [0.5, 0.6) is 0 Å². The van der Waals surface area contributed by atoms with Gasteiger partial charge in [0.25, 0.3) is 0 Å². The van der Waals surface area contributed by atoms with Crippen molar-refractivity contribution in [2.24, 2.45) is 5.73 Å². The van der Waals surface area contributed by atoms with E-state index >= 15 is 0 Å². The van der Waals surface area contributed by atoms with E-state index < -0.39 is 0 Å². The summed E-state index contributed by atoms with van der Waals surface area (Å²) in [6, 6.07) is 17.3. The Labute approximate surface area is 128 Å². The van der Waals surface area contributed by atoms with Crippen molar-refractivity contribution in [1.82, 2.24) is 15.2 Å². The smallest absolute Gasteiger partial charge is 0.181 e. The summed E-state index contributed by atoms with van der Waals surface area (Å²) in [5, 5.41) is 7.83. The maximum atomic E-state index is 6.19. The van der Waals surface area contributed by atoms with Crippen LogP contribution in [0.3, 0.4) is 0 Å². The van der Waals surface area contributed by atoms with Crippen LogP contribution in [0.4, 0.5) is 0 Å². The molecular weight excluding hydrogens is 284 g/mol. The van der Waals surface area contributed by atoms with Crippen molar-refractivity contribution in [2.75, 3.05) is 0 Å². The largest absolute Gasteiger partial charge is 0.321 e. The van der Waals surface area contributed by atoms with Crippen molar-refractivity contribution >= 4 is 11.6 Å². The molecule has 1 atom stereocenters. The second kappa shape index (κ2) is 6.08. The quantitative estimate of drug-likeness (QED) is 0.776. The van der Waals surface area contributed by atoms with Crippen molar-refractivity contribution in [3.05, 3.63) is 71.0 Å². The molecule has 0 fully saturated rings. The number of rotatable bonds is 4. The van der Waals surface area contributed by atoms with Gasteiger partial charge in [-0.1, -0.05) is 41.9 Å². The van der Waals surface area contributed by atoms with E-state index in [-0.39, 0.29) is 6.04 Å². The van der Waals surface area contributed by atoms with Gasteiger partial charge in [0.15, 0.2) is 5.82 Å². The molecular formula is C16H15ClN4. The fourth-order valence-electron chi connectivity index (χ4n) is 2.13. The van der Waals surface area contributed by atoms with E-state index in [1.54, 1.807) is 0 Å². The summed E-state index contributed by atoms with van der Waals surface area (Å²) in [6.45, 7) is 0. The summed E-state index contributed by atoms with van der Waals surface area (Å²) in [5.74, 6) is 1.31. The van der Waals surface area contributed by atoms with Crippen LogP contribution in [0.25, 0.3) is 11.4 Å². The SMILES string of the molecule is NC(Cc1ccccc1)c1nc(-c2ccc(Cl)cc2)n[nH]1. The van der Waals surface area contributed by atoms with Crippen LogP contribution >= 0.6 is 11.6 Å². The number of aromatic amines is 1. The topological polar surface area (TPSA) is 67.6 Å². The van der Waals surface area contributed by atoms with Gasteiger partial charge in [-0.25, -0.2) is 4.98 Å². The average molecular weight is 299 g/mol. The molecule has 0 aliphatic heterocycles. The first kappa shape index (κ1) is 13.8. The zero-order valence-corrected chi connectivity index (χ0v) is 12.1. The third-order valence-corrected chi connectivity index (χ3v) is 3.51. The maximum absolute atomic E-state index is 6.19. The van der Waals surface area contributed by atoms with E-state index in [0.717, 1.165) is 12.0 Å². The van der Waals surface area contributed by atoms with Crippen molar-refractivity contribution in [2.45, 2.75) is 12.5 Å². The Balaban J connectivity index is 1.76. The number of aromatic nitrogens is 3. The van der Waals surface area contributed by atoms with Gasteiger partial charge in [-0.3, -0.25) is 5.10 Å². The molecule has 0 spiro atoms. The van der Waals surface area contributed by atoms with Crippen LogP contribution in [0.2, 0.25) is 5.02 Å². The average Bonchev–Trinajstić information content (AvgIpc) is 2.99. The minimum absolute atomic E-state index is 0.207. The minimum Gasteiger partial charge on any atom is -0.321 e. The highest BCUT2D eigenvalue weighted by Gasteiger charge is 2.13. The van der Waals surface area contributed by atoms with E-state index in [0.29, 0.717) is 16.7 Å². The number of nitrogens with one attached hydrogen (secondary N) is 1. The molecule has 106 valence electrons. The van der Waals surface area contributed by atoms with Crippen molar-refractivity contribution in [3.63, 3.8) is 0 Å². The zero-order valence-electron chi connectivity index (χ0n) is 11.3. The third-order valence-electron chi connectivity index (χ3n) is 3.25. The molecule has 3 N–H and O–H groups in total. The summed E-state index contributed by atoms with van der Waals surface area (Å²) in [7, 11) is 0. The third kappa shape index (κ3) is 3.29. The van der Waals surface area contributed by atoms with Crippen LogP contribution in [0.1, 0.15) is 17.4 Å². The van der Waals surface area contributed by atoms with E-state index in [1.165, 1.54) is 5.56 Å². The number of halogens is 1. The molecule has 4 nitrogen and oxygen atoms in total. The van der Waals surface area contributed by atoms with Crippen LogP contribution in [-0.2, 0) is 6.42 Å². The lowest BCUT2D eigenvalue weighted by Crippen LogP contribution is -2.15. The minimum atomic E-state index is -0.207. The lowest BCUT2D eigenvalue weighted by molar-refractivity contribution is 0.671. The van der Waals surface area contributed by atoms with Crippen LogP contribution in [-0.4, -0.2) is 15.2 Å². The van der Waals surface area contributed by atoms with Crippen molar-refractivity contribution in [3.8, 4) is 11.4 Å². The predicted octanol–water partition coefficient (Wildman–Crippen LogP) is 3.37. The molecule has 0 amide bonds. The van der Waals surface area contributed by atoms with Crippen molar-refractivity contribution in [1.29, 1.82) is 0 Å². The van der Waals surface area contributed by atoms with Gasteiger partial charge in [-0.15, -0.1) is 0 Å². The molecule has 3 rings (SSSR count). The molecule has 2 aromatic carbocycles. The van der Waals surface area contributed by atoms with Crippen LogP contribution in [0.15, 0.2) is 54.6 Å². The fraction of sp³-hybridized carbons (Fsp3) is 0.125. The van der Waals surface area contributed by atoms with Crippen molar-refractivity contribution < 1.29 is 0 Å². The number of benzene rings is 2. The van der Waals surface area contributed by atoms with Crippen LogP contribution in [0, 0.1) is 0 Å². The van der Waals surface area contributed by atoms with Crippen LogP contribution < -0.4 is 5.73 Å². The lowest BCUT2D eigenvalue weighted by atomic mass is 10.1. The molecule has 0 radical (unpaired) electrons. The van der Waals surface area contributed by atoms with Gasteiger partial charge in [0.05, 0.1) is 6.04 Å². The van der Waals surface area contributed by atoms with E-state index in [9.17, 15) is 0 Å². The van der Waals surface area contributed by atoms with Gasteiger partial charge in [0.1, 0.15) is 5.82 Å². The van der Waals surface area contributed by atoms with Gasteiger partial charge in [0.2, 0.25) is 0 Å². The monoisotopic (exact) mass is 298 g/mol. The molecule has 1 heterocycles. The molecule has 0 aliphatic rings. The first-order valence-corrected chi connectivity index (χ1v) is 7.08. The first-order chi connectivity index (χ1) is 10.2. The summed E-state index contributed by atoms with van der Waals surface area (Å²) in [5.41, 5.74) is 8.27. The highest BCUT2D eigenvalue weighted by molar-refractivity contribution is 6.30. The molecule has 1 aromatic heterocycles. The summed E-state index contributed by atoms with van der Waals surface area (Å²) in [6.07, 6.45) is 0.718. The maximum Gasteiger partial charge on any atom is 0.181 e. The summed E-state index contributed by atoms with van der Waals surface area (Å²) in [4.78, 5) is 4.47. The molecule has 21 heavy (non-hydrogen) atoms. The Morgan fingerprint density at radius 3 is 2.48 bits per heavy atom. The Morgan fingerprint density at radius 1 is 1.05 bits per heavy atom. The predicted molar refractivity (Wildman–Crippen MR) is 83.9 cm³/mol. The second-order valence-corrected chi connectivity index (χ2v) is 5.28. The van der Waals surface area contributed by atoms with E-state index in [2.05, 4.69) is 27.3 Å². The zero-order chi connectivity index (χ0) is 14.7. The Bertz CT molecular complexity index is 707. The molecule has 0 saturated heterocycles. The normalized spacial score (nSPS) is 12.3. The van der Waals surface area contributed by atoms with E-state index in [4.69, 9.17) is 17.3 Å². The lowest BCUT2D eigenvalue weighted by Gasteiger charge is -2.07. The highest BCUT2D eigenvalue weighted by Crippen LogP contribution is 2.20. The number of H-pyrrole nitrogens is 1. The fourth-order valence-corrected chi connectivity index (χ4v) is 2.26. The molecule has 0 aliphatic carbocycles. The molecule has 3 aromatic rings. The summed E-state index contributed by atoms with van der Waals surface area (Å²) >= 11 is 5.88. The number of nitrogens with two attached hydrogens (primary N) is 1. The van der Waals surface area contributed by atoms with Gasteiger partial charge in [-0.2, -0.15) is 5.10 Å². The molecule has 5 heteroatoms. The summed E-state index contributed by atoms with van der Waals surface area (Å²) < 4.78 is 0. The van der Waals surface area contributed by atoms with Gasteiger partial charge in [-0.05, 0) is 36.2 Å². The number of nitrogens with zero attached hydrogens (tertiary/aromatic N) is 2. The Hall–Kier alpha value is -2.17. The van der Waals surface area contributed by atoms with E-state index in [1.807, 2.05) is 42.5 Å². The number of hydrogen-bond acceptors (Lipinski definition) is 3. The van der Waals surface area contributed by atoms with Gasteiger partial charge >= 0.3 is 0 Å². The molecule has 1 unspecified atom stereocenters. The van der Waals surface area contributed by atoms with Gasteiger partial charge in [0, 0.05) is 10.6 Å².